The van der Waals surface area contributed by atoms with Gasteiger partial charge in [-0.1, -0.05) is 6.42 Å². The maximum atomic E-state index is 11.9. The Kier molecular flexibility index (Phi) is 3.90. The summed E-state index contributed by atoms with van der Waals surface area (Å²) in [6, 6.07) is 1.71. The van der Waals surface area contributed by atoms with Crippen LogP contribution in [0.3, 0.4) is 0 Å². The summed E-state index contributed by atoms with van der Waals surface area (Å²) >= 11 is 0. The molecule has 0 spiro atoms. The predicted molar refractivity (Wildman–Crippen MR) is 72.5 cm³/mol. The van der Waals surface area contributed by atoms with E-state index in [-0.39, 0.29) is 17.9 Å². The SMILES string of the molecule is Cn1cc(NC(=O)C[C@@H]2CCC[C@H]2N)cc1C(N)=O. The Morgan fingerprint density at radius 2 is 2.21 bits per heavy atom. The smallest absolute Gasteiger partial charge is 0.265 e. The fraction of sp³-hybridized carbons (Fsp3) is 0.538. The second-order valence-electron chi connectivity index (χ2n) is 5.20. The van der Waals surface area contributed by atoms with Gasteiger partial charge < -0.3 is 21.4 Å². The van der Waals surface area contributed by atoms with Gasteiger partial charge in [0.25, 0.3) is 5.91 Å². The Balaban J connectivity index is 1.95. The van der Waals surface area contributed by atoms with Crippen molar-refractivity contribution in [3.63, 3.8) is 0 Å². The number of nitrogens with one attached hydrogen (secondary N) is 1. The zero-order valence-electron chi connectivity index (χ0n) is 11.1. The second-order valence-corrected chi connectivity index (χ2v) is 5.20. The Morgan fingerprint density at radius 1 is 1.47 bits per heavy atom. The third-order valence-electron chi connectivity index (χ3n) is 3.71. The van der Waals surface area contributed by atoms with E-state index in [9.17, 15) is 9.59 Å². The van der Waals surface area contributed by atoms with Crippen LogP contribution in [0.15, 0.2) is 12.3 Å². The summed E-state index contributed by atoms with van der Waals surface area (Å²) in [4.78, 5) is 23.0. The van der Waals surface area contributed by atoms with Crippen molar-refractivity contribution in [2.75, 3.05) is 5.32 Å². The number of hydrogen-bond acceptors (Lipinski definition) is 3. The highest BCUT2D eigenvalue weighted by molar-refractivity contribution is 5.95. The molecule has 0 saturated heterocycles. The minimum Gasteiger partial charge on any atom is -0.364 e. The van der Waals surface area contributed by atoms with Gasteiger partial charge in [-0.15, -0.1) is 0 Å². The number of nitrogens with zero attached hydrogens (tertiary/aromatic N) is 1. The van der Waals surface area contributed by atoms with Gasteiger partial charge in [0.2, 0.25) is 5.91 Å². The number of carbonyl (C=O) groups is 2. The van der Waals surface area contributed by atoms with Crippen molar-refractivity contribution in [1.29, 1.82) is 0 Å². The molecule has 1 aromatic rings. The molecule has 6 nitrogen and oxygen atoms in total. The lowest BCUT2D eigenvalue weighted by Crippen LogP contribution is -2.28. The van der Waals surface area contributed by atoms with E-state index in [1.165, 1.54) is 0 Å². The molecule has 1 aromatic heterocycles. The number of nitrogens with two attached hydrogens (primary N) is 2. The molecule has 19 heavy (non-hydrogen) atoms. The average molecular weight is 264 g/mol. The molecular weight excluding hydrogens is 244 g/mol. The number of amides is 2. The lowest BCUT2D eigenvalue weighted by molar-refractivity contribution is -0.117. The third-order valence-corrected chi connectivity index (χ3v) is 3.71. The van der Waals surface area contributed by atoms with Crippen molar-refractivity contribution in [2.45, 2.75) is 31.7 Å². The summed E-state index contributed by atoms with van der Waals surface area (Å²) in [6.45, 7) is 0. The van der Waals surface area contributed by atoms with E-state index in [1.807, 2.05) is 0 Å². The lowest BCUT2D eigenvalue weighted by Gasteiger charge is -2.14. The Hall–Kier alpha value is -1.82. The molecule has 5 N–H and O–H groups in total. The number of carbonyl (C=O) groups excluding carboxylic acids is 2. The summed E-state index contributed by atoms with van der Waals surface area (Å²) in [5, 5.41) is 2.78. The molecule has 2 amide bonds. The van der Waals surface area contributed by atoms with Crippen molar-refractivity contribution in [3.8, 4) is 0 Å². The Bertz CT molecular complexity index is 495. The topological polar surface area (TPSA) is 103 Å². The van der Waals surface area contributed by atoms with Gasteiger partial charge in [0.1, 0.15) is 5.69 Å². The highest BCUT2D eigenvalue weighted by atomic mass is 16.2. The maximum Gasteiger partial charge on any atom is 0.265 e. The van der Waals surface area contributed by atoms with Gasteiger partial charge in [-0.3, -0.25) is 9.59 Å². The summed E-state index contributed by atoms with van der Waals surface area (Å²) in [7, 11) is 1.71. The third kappa shape index (κ3) is 3.14. The molecule has 2 rings (SSSR count). The fourth-order valence-electron chi connectivity index (χ4n) is 2.65. The Morgan fingerprint density at radius 3 is 2.74 bits per heavy atom. The Labute approximate surface area is 112 Å². The van der Waals surface area contributed by atoms with Crippen LogP contribution < -0.4 is 16.8 Å². The molecule has 0 aromatic carbocycles. The van der Waals surface area contributed by atoms with Crippen LogP contribution in [0, 0.1) is 5.92 Å². The van der Waals surface area contributed by atoms with Crippen LogP contribution in [0.25, 0.3) is 0 Å². The molecule has 6 heteroatoms. The van der Waals surface area contributed by atoms with Crippen molar-refractivity contribution < 1.29 is 9.59 Å². The first kappa shape index (κ1) is 13.6. The van der Waals surface area contributed by atoms with E-state index in [4.69, 9.17) is 11.5 Å². The monoisotopic (exact) mass is 264 g/mol. The van der Waals surface area contributed by atoms with Crippen LogP contribution in [0.5, 0.6) is 0 Å². The first-order chi connectivity index (χ1) is 8.97. The number of aromatic nitrogens is 1. The molecule has 1 saturated carbocycles. The van der Waals surface area contributed by atoms with Crippen LogP contribution in [-0.4, -0.2) is 22.4 Å². The quantitative estimate of drug-likeness (QED) is 0.741. The number of anilines is 1. The van der Waals surface area contributed by atoms with Gasteiger partial charge in [0, 0.05) is 25.7 Å². The van der Waals surface area contributed by atoms with E-state index in [0.717, 1.165) is 19.3 Å². The van der Waals surface area contributed by atoms with Gasteiger partial charge in [-0.05, 0) is 24.8 Å². The zero-order chi connectivity index (χ0) is 14.0. The number of rotatable bonds is 4. The van der Waals surface area contributed by atoms with E-state index in [2.05, 4.69) is 5.32 Å². The number of hydrogen-bond donors (Lipinski definition) is 3. The summed E-state index contributed by atoms with van der Waals surface area (Å²) in [5.41, 5.74) is 12.1. The molecule has 0 unspecified atom stereocenters. The predicted octanol–water partition coefficient (Wildman–Crippen LogP) is 0.580. The molecule has 1 fully saturated rings. The molecule has 2 atom stereocenters. The largest absolute Gasteiger partial charge is 0.364 e. The standard InChI is InChI=1S/C13H20N4O2/c1-17-7-9(6-11(17)13(15)19)16-12(18)5-8-3-2-4-10(8)14/h6-8,10H,2-5,14H2,1H3,(H2,15,19)(H,16,18)/t8-,10+/m0/s1. The molecule has 1 aliphatic rings. The summed E-state index contributed by atoms with van der Waals surface area (Å²) in [5.74, 6) is -0.316. The van der Waals surface area contributed by atoms with Gasteiger partial charge in [-0.2, -0.15) is 0 Å². The normalized spacial score (nSPS) is 22.4. The van der Waals surface area contributed by atoms with Crippen LogP contribution in [0.1, 0.15) is 36.2 Å². The van der Waals surface area contributed by atoms with Gasteiger partial charge in [0.05, 0.1) is 5.69 Å². The zero-order valence-corrected chi connectivity index (χ0v) is 11.1. The average Bonchev–Trinajstić information content (AvgIpc) is 2.86. The molecule has 1 heterocycles. The van der Waals surface area contributed by atoms with Crippen LogP contribution in [-0.2, 0) is 11.8 Å². The maximum absolute atomic E-state index is 11.9. The molecule has 1 aliphatic carbocycles. The van der Waals surface area contributed by atoms with E-state index in [1.54, 1.807) is 23.9 Å². The van der Waals surface area contributed by atoms with E-state index < -0.39 is 5.91 Å². The number of primary amides is 1. The van der Waals surface area contributed by atoms with Gasteiger partial charge in [0.15, 0.2) is 0 Å². The fourth-order valence-corrected chi connectivity index (χ4v) is 2.65. The number of aryl methyl sites for hydroxylation is 1. The first-order valence-electron chi connectivity index (χ1n) is 6.49. The van der Waals surface area contributed by atoms with Gasteiger partial charge in [-0.25, -0.2) is 0 Å². The highest BCUT2D eigenvalue weighted by Crippen LogP contribution is 2.27. The van der Waals surface area contributed by atoms with Crippen LogP contribution >= 0.6 is 0 Å². The summed E-state index contributed by atoms with van der Waals surface area (Å²) < 4.78 is 1.60. The van der Waals surface area contributed by atoms with Crippen LogP contribution in [0.2, 0.25) is 0 Å². The van der Waals surface area contributed by atoms with E-state index in [0.29, 0.717) is 17.8 Å². The molecule has 0 bridgehead atoms. The second kappa shape index (κ2) is 5.44. The lowest BCUT2D eigenvalue weighted by atomic mass is 10.00. The van der Waals surface area contributed by atoms with E-state index >= 15 is 0 Å². The van der Waals surface area contributed by atoms with Crippen molar-refractivity contribution in [1.82, 2.24) is 4.57 Å². The minimum absolute atomic E-state index is 0.0658. The summed E-state index contributed by atoms with van der Waals surface area (Å²) in [6.07, 6.45) is 5.20. The minimum atomic E-state index is -0.513. The van der Waals surface area contributed by atoms with Crippen LogP contribution in [0.4, 0.5) is 5.69 Å². The molecular formula is C13H20N4O2. The molecule has 104 valence electrons. The molecule has 0 aliphatic heterocycles. The molecule has 0 radical (unpaired) electrons. The first-order valence-corrected chi connectivity index (χ1v) is 6.49. The van der Waals surface area contributed by atoms with Gasteiger partial charge >= 0.3 is 0 Å². The van der Waals surface area contributed by atoms with Crippen molar-refractivity contribution in [3.05, 3.63) is 18.0 Å². The van der Waals surface area contributed by atoms with Crippen molar-refractivity contribution in [2.24, 2.45) is 24.4 Å². The van der Waals surface area contributed by atoms with Crippen molar-refractivity contribution >= 4 is 17.5 Å². The highest BCUT2D eigenvalue weighted by Gasteiger charge is 2.26.